The first-order chi connectivity index (χ1) is 47.0. The van der Waals surface area contributed by atoms with Crippen LogP contribution in [0.4, 0.5) is 0 Å². The second kappa shape index (κ2) is 75.6. The Labute approximate surface area is 594 Å². The van der Waals surface area contributed by atoms with E-state index < -0.39 is 26.5 Å². The van der Waals surface area contributed by atoms with Crippen molar-refractivity contribution in [2.45, 2.75) is 367 Å². The van der Waals surface area contributed by atoms with Gasteiger partial charge in [-0.3, -0.25) is 14.2 Å². The summed E-state index contributed by atoms with van der Waals surface area (Å²) in [7, 11) is 1.18. The predicted octanol–water partition coefficient (Wildman–Crippen LogP) is 26.3. The lowest BCUT2D eigenvalue weighted by molar-refractivity contribution is -0.870. The van der Waals surface area contributed by atoms with Gasteiger partial charge in [-0.25, -0.2) is 0 Å². The summed E-state index contributed by atoms with van der Waals surface area (Å²) in [5.74, 6) is -0.819. The second-order valence-corrected chi connectivity index (χ2v) is 29.4. The molecule has 0 saturated carbocycles. The average Bonchev–Trinajstić information content (AvgIpc) is 1.98. The van der Waals surface area contributed by atoms with Crippen molar-refractivity contribution >= 4 is 19.8 Å². The van der Waals surface area contributed by atoms with E-state index >= 15 is 0 Å². The van der Waals surface area contributed by atoms with Gasteiger partial charge in [-0.2, -0.15) is 0 Å². The molecule has 0 rings (SSSR count). The highest BCUT2D eigenvalue weighted by molar-refractivity contribution is 7.45. The minimum atomic E-state index is -4.65. The molecule has 0 heterocycles. The molecule has 96 heavy (non-hydrogen) atoms. The number of carbonyl (C=O) groups excluding carboxylic acids is 2. The molecule has 0 N–H and O–H groups in total. The van der Waals surface area contributed by atoms with Crippen molar-refractivity contribution in [3.05, 3.63) is 122 Å². The van der Waals surface area contributed by atoms with Gasteiger partial charge in [0.25, 0.3) is 7.82 Å². The number of esters is 2. The highest BCUT2D eigenvalue weighted by Gasteiger charge is 2.22. The number of allylic oxidation sites excluding steroid dienone is 20. The minimum absolute atomic E-state index is 0.0319. The Kier molecular flexibility index (Phi) is 72.8. The Morgan fingerprint density at radius 2 is 0.562 bits per heavy atom. The molecule has 9 nitrogen and oxygen atoms in total. The van der Waals surface area contributed by atoms with Crippen LogP contribution in [0.15, 0.2) is 122 Å². The van der Waals surface area contributed by atoms with Crippen molar-refractivity contribution in [3.8, 4) is 0 Å². The SMILES string of the molecule is CC/C=C\C/C=C\C/C=C\C/C=C\C/C=C\CCCCCCCCCCCCCCCCCCCCCCCCCC(=O)OC(COC(=O)CCCCCCCCCCCCCCCCCCC/C=C\C/C=C\C/C=C\C/C=C\C/C=C\CC)COP(=O)([O-])OCC[N+](C)(C)C. The van der Waals surface area contributed by atoms with E-state index in [2.05, 4.69) is 135 Å². The monoisotopic (exact) mass is 1360 g/mol. The molecular weight excluding hydrogens is 1210 g/mol. The summed E-state index contributed by atoms with van der Waals surface area (Å²) in [5, 5.41) is 0. The molecule has 0 aromatic rings. The maximum Gasteiger partial charge on any atom is 0.306 e. The van der Waals surface area contributed by atoms with Crippen molar-refractivity contribution in [1.29, 1.82) is 0 Å². The third-order valence-electron chi connectivity index (χ3n) is 17.5. The van der Waals surface area contributed by atoms with Crippen LogP contribution < -0.4 is 4.89 Å². The number of rotatable bonds is 74. The third kappa shape index (κ3) is 79.4. The summed E-state index contributed by atoms with van der Waals surface area (Å²) < 4.78 is 34.4. The van der Waals surface area contributed by atoms with E-state index in [1.54, 1.807) is 0 Å². The number of hydrogen-bond donors (Lipinski definition) is 0. The number of unbranched alkanes of at least 4 members (excludes halogenated alkanes) is 40. The Morgan fingerprint density at radius 3 is 0.833 bits per heavy atom. The quantitative estimate of drug-likeness (QED) is 0.0195. The van der Waals surface area contributed by atoms with Crippen LogP contribution in [0, 0.1) is 0 Å². The summed E-state index contributed by atoms with van der Waals surface area (Å²) >= 11 is 0. The van der Waals surface area contributed by atoms with Gasteiger partial charge in [0.05, 0.1) is 27.7 Å². The zero-order valence-corrected chi connectivity index (χ0v) is 64.2. The van der Waals surface area contributed by atoms with Crippen LogP contribution in [-0.4, -0.2) is 70.0 Å². The maximum absolute atomic E-state index is 12.9. The molecule has 0 aliphatic rings. The lowest BCUT2D eigenvalue weighted by Crippen LogP contribution is -2.37. The fourth-order valence-corrected chi connectivity index (χ4v) is 12.2. The lowest BCUT2D eigenvalue weighted by atomic mass is 10.0. The van der Waals surface area contributed by atoms with Crippen LogP contribution in [0.1, 0.15) is 361 Å². The fraction of sp³-hybridized carbons (Fsp3) is 0.744. The van der Waals surface area contributed by atoms with Gasteiger partial charge < -0.3 is 27.9 Å². The van der Waals surface area contributed by atoms with Crippen molar-refractivity contribution in [3.63, 3.8) is 0 Å². The largest absolute Gasteiger partial charge is 0.756 e. The van der Waals surface area contributed by atoms with Gasteiger partial charge in [0.1, 0.15) is 19.8 Å². The number of likely N-dealkylation sites (N-methyl/N-ethyl adjacent to an activating group) is 1. The molecule has 0 aliphatic carbocycles. The molecular formula is C86H152NO8P. The molecule has 0 aliphatic heterocycles. The molecule has 2 atom stereocenters. The Hall–Kier alpha value is -3.59. The van der Waals surface area contributed by atoms with Gasteiger partial charge in [-0.1, -0.05) is 367 Å². The molecule has 0 amide bonds. The highest BCUT2D eigenvalue weighted by atomic mass is 31.2. The smallest absolute Gasteiger partial charge is 0.306 e. The second-order valence-electron chi connectivity index (χ2n) is 28.0. The molecule has 0 aromatic carbocycles. The molecule has 0 radical (unpaired) electrons. The van der Waals surface area contributed by atoms with Crippen LogP contribution >= 0.6 is 7.82 Å². The Morgan fingerprint density at radius 1 is 0.323 bits per heavy atom. The maximum atomic E-state index is 12.9. The molecule has 0 fully saturated rings. The number of ether oxygens (including phenoxy) is 2. The van der Waals surface area contributed by atoms with E-state index in [1.807, 2.05) is 21.1 Å². The molecule has 0 aromatic heterocycles. The summed E-state index contributed by atoms with van der Waals surface area (Å²) in [4.78, 5) is 38.2. The molecule has 554 valence electrons. The number of nitrogens with zero attached hydrogens (tertiary/aromatic N) is 1. The van der Waals surface area contributed by atoms with Gasteiger partial charge in [-0.15, -0.1) is 0 Å². The van der Waals surface area contributed by atoms with Crippen LogP contribution in [-0.2, 0) is 32.7 Å². The van der Waals surface area contributed by atoms with Crippen LogP contribution in [0.25, 0.3) is 0 Å². The van der Waals surface area contributed by atoms with Crippen molar-refractivity contribution in [1.82, 2.24) is 0 Å². The Bertz CT molecular complexity index is 2040. The fourth-order valence-electron chi connectivity index (χ4n) is 11.4. The number of phosphoric ester groups is 1. The number of carbonyl (C=O) groups is 2. The van der Waals surface area contributed by atoms with E-state index in [1.165, 1.54) is 225 Å². The summed E-state index contributed by atoms with van der Waals surface area (Å²) in [5.41, 5.74) is 0. The van der Waals surface area contributed by atoms with Crippen LogP contribution in [0.3, 0.4) is 0 Å². The zero-order valence-electron chi connectivity index (χ0n) is 63.3. The number of phosphoric acid groups is 1. The van der Waals surface area contributed by atoms with Gasteiger partial charge in [0.2, 0.25) is 0 Å². The van der Waals surface area contributed by atoms with Crippen LogP contribution in [0.2, 0.25) is 0 Å². The molecule has 2 unspecified atom stereocenters. The molecule has 0 bridgehead atoms. The van der Waals surface area contributed by atoms with Gasteiger partial charge in [0.15, 0.2) is 6.10 Å². The summed E-state index contributed by atoms with van der Waals surface area (Å²) in [6, 6.07) is 0. The zero-order chi connectivity index (χ0) is 69.7. The third-order valence-corrected chi connectivity index (χ3v) is 18.4. The van der Waals surface area contributed by atoms with E-state index in [0.29, 0.717) is 17.4 Å². The average molecular weight is 1360 g/mol. The topological polar surface area (TPSA) is 111 Å². The number of quaternary nitrogens is 1. The first-order valence-corrected chi connectivity index (χ1v) is 41.7. The van der Waals surface area contributed by atoms with E-state index in [0.717, 1.165) is 103 Å². The van der Waals surface area contributed by atoms with Gasteiger partial charge >= 0.3 is 11.9 Å². The van der Waals surface area contributed by atoms with Crippen molar-refractivity contribution < 1.29 is 42.1 Å². The van der Waals surface area contributed by atoms with Crippen molar-refractivity contribution in [2.75, 3.05) is 47.5 Å². The minimum Gasteiger partial charge on any atom is -0.756 e. The first-order valence-electron chi connectivity index (χ1n) is 40.2. The van der Waals surface area contributed by atoms with E-state index in [9.17, 15) is 19.0 Å². The molecule has 10 heteroatoms. The standard InChI is InChI=1S/C86H152NO8P/c1-6-8-10-12-14-16-18-20-22-24-26-28-30-32-34-36-38-40-41-42-43-44-45-47-49-51-53-55-57-59-61-63-65-67-69-71-73-75-77-79-86(89)95-84(83-94-96(90,91)93-81-80-87(3,4)5)82-92-85(88)78-76-74-72-70-68-66-64-62-60-58-56-54-52-50-48-46-39-37-35-33-31-29-27-25-23-21-19-17-15-13-11-9-7-2/h8-11,14-17,20-23,26-29,32-35,84H,6-7,12-13,18-19,24-25,30-31,36-83H2,1-5H3/b10-8-,11-9-,16-14-,17-15-,22-20-,23-21-,28-26-,29-27-,34-32-,35-33-. The summed E-state index contributed by atoms with van der Waals surface area (Å²) in [6.07, 6.45) is 109. The molecule has 0 spiro atoms. The normalized spacial score (nSPS) is 13.7. The highest BCUT2D eigenvalue weighted by Crippen LogP contribution is 2.38. The Balaban J connectivity index is 3.93. The number of hydrogen-bond acceptors (Lipinski definition) is 8. The van der Waals surface area contributed by atoms with Gasteiger partial charge in [-0.05, 0) is 103 Å². The van der Waals surface area contributed by atoms with Crippen molar-refractivity contribution in [2.24, 2.45) is 0 Å². The first kappa shape index (κ1) is 92.4. The van der Waals surface area contributed by atoms with Gasteiger partial charge in [0, 0.05) is 12.8 Å². The predicted molar refractivity (Wildman–Crippen MR) is 415 cm³/mol. The van der Waals surface area contributed by atoms with E-state index in [4.69, 9.17) is 18.5 Å². The van der Waals surface area contributed by atoms with Crippen LogP contribution in [0.5, 0.6) is 0 Å². The summed E-state index contributed by atoms with van der Waals surface area (Å²) in [6.45, 7) is 4.06. The molecule has 0 saturated heterocycles. The lowest BCUT2D eigenvalue weighted by Gasteiger charge is -2.28. The van der Waals surface area contributed by atoms with E-state index in [-0.39, 0.29) is 32.0 Å².